The Morgan fingerprint density at radius 1 is 1.36 bits per heavy atom. The van der Waals surface area contributed by atoms with E-state index in [-0.39, 0.29) is 0 Å². The fourth-order valence-electron chi connectivity index (χ4n) is 1.25. The molecule has 0 atom stereocenters. The SMILES string of the molecule is COc1cc2ncnc(Cl)c2cc1N. The molecule has 0 saturated carbocycles. The minimum absolute atomic E-state index is 0.393. The molecular weight excluding hydrogens is 202 g/mol. The number of halogens is 1. The molecule has 0 radical (unpaired) electrons. The molecule has 2 rings (SSSR count). The van der Waals surface area contributed by atoms with Crippen LogP contribution in [-0.2, 0) is 0 Å². The van der Waals surface area contributed by atoms with Crippen LogP contribution in [0.4, 0.5) is 5.69 Å². The number of nitrogen functional groups attached to an aromatic ring is 1. The Labute approximate surface area is 85.7 Å². The van der Waals surface area contributed by atoms with Crippen LogP contribution in [0.15, 0.2) is 18.5 Å². The number of hydrogen-bond acceptors (Lipinski definition) is 4. The summed E-state index contributed by atoms with van der Waals surface area (Å²) >= 11 is 5.88. The van der Waals surface area contributed by atoms with Gasteiger partial charge in [0.05, 0.1) is 18.3 Å². The van der Waals surface area contributed by atoms with Crippen LogP contribution in [0.3, 0.4) is 0 Å². The van der Waals surface area contributed by atoms with Gasteiger partial charge in [-0.1, -0.05) is 11.6 Å². The predicted octanol–water partition coefficient (Wildman–Crippen LogP) is 1.87. The van der Waals surface area contributed by atoms with Gasteiger partial charge in [-0.25, -0.2) is 9.97 Å². The van der Waals surface area contributed by atoms with Crippen molar-refractivity contribution in [2.75, 3.05) is 12.8 Å². The summed E-state index contributed by atoms with van der Waals surface area (Å²) in [5.41, 5.74) is 6.97. The van der Waals surface area contributed by atoms with Crippen LogP contribution in [0.5, 0.6) is 5.75 Å². The number of methoxy groups -OCH3 is 1. The van der Waals surface area contributed by atoms with Gasteiger partial charge in [0.15, 0.2) is 0 Å². The maximum Gasteiger partial charge on any atom is 0.143 e. The van der Waals surface area contributed by atoms with Crippen LogP contribution < -0.4 is 10.5 Å². The molecule has 0 amide bonds. The Hall–Kier alpha value is -1.55. The molecule has 0 spiro atoms. The van der Waals surface area contributed by atoms with Crippen molar-refractivity contribution in [3.05, 3.63) is 23.6 Å². The van der Waals surface area contributed by atoms with Crippen LogP contribution in [0.1, 0.15) is 0 Å². The lowest BCUT2D eigenvalue weighted by Gasteiger charge is -2.05. The average molecular weight is 210 g/mol. The molecule has 0 unspecified atom stereocenters. The monoisotopic (exact) mass is 209 g/mol. The third-order valence-electron chi connectivity index (χ3n) is 1.94. The fraction of sp³-hybridized carbons (Fsp3) is 0.111. The topological polar surface area (TPSA) is 61.0 Å². The number of fused-ring (bicyclic) bond motifs is 1. The predicted molar refractivity (Wildman–Crippen MR) is 55.5 cm³/mol. The van der Waals surface area contributed by atoms with Crippen molar-refractivity contribution in [1.29, 1.82) is 0 Å². The van der Waals surface area contributed by atoms with Gasteiger partial charge in [0.1, 0.15) is 17.2 Å². The number of benzene rings is 1. The molecule has 0 saturated heterocycles. The highest BCUT2D eigenvalue weighted by Crippen LogP contribution is 2.29. The summed E-state index contributed by atoms with van der Waals surface area (Å²) in [5.74, 6) is 0.590. The van der Waals surface area contributed by atoms with Gasteiger partial charge in [-0.15, -0.1) is 0 Å². The normalized spacial score (nSPS) is 10.4. The first-order valence-corrected chi connectivity index (χ1v) is 4.34. The first-order valence-electron chi connectivity index (χ1n) is 3.96. The number of aromatic nitrogens is 2. The highest BCUT2D eigenvalue weighted by atomic mass is 35.5. The lowest BCUT2D eigenvalue weighted by atomic mass is 10.2. The molecule has 2 aromatic rings. The van der Waals surface area contributed by atoms with Crippen molar-refractivity contribution in [2.24, 2.45) is 0 Å². The number of nitrogens with two attached hydrogens (primary N) is 1. The Bertz CT molecular complexity index is 487. The van der Waals surface area contributed by atoms with Gasteiger partial charge in [0, 0.05) is 11.5 Å². The second-order valence-electron chi connectivity index (χ2n) is 2.78. The summed E-state index contributed by atoms with van der Waals surface area (Å²) in [4.78, 5) is 7.92. The van der Waals surface area contributed by atoms with Crippen LogP contribution in [0, 0.1) is 0 Å². The molecule has 0 aliphatic carbocycles. The minimum atomic E-state index is 0.393. The average Bonchev–Trinajstić information content (AvgIpc) is 2.19. The Kier molecular flexibility index (Phi) is 2.13. The number of ether oxygens (including phenoxy) is 1. The summed E-state index contributed by atoms with van der Waals surface area (Å²) in [6, 6.07) is 3.44. The van der Waals surface area contributed by atoms with Gasteiger partial charge < -0.3 is 10.5 Å². The van der Waals surface area contributed by atoms with Gasteiger partial charge in [-0.3, -0.25) is 0 Å². The molecule has 5 heteroatoms. The van der Waals surface area contributed by atoms with Gasteiger partial charge in [-0.05, 0) is 6.07 Å². The molecular formula is C9H8ClN3O. The van der Waals surface area contributed by atoms with E-state index in [1.54, 1.807) is 19.2 Å². The van der Waals surface area contributed by atoms with Gasteiger partial charge >= 0.3 is 0 Å². The summed E-state index contributed by atoms with van der Waals surface area (Å²) < 4.78 is 5.06. The Morgan fingerprint density at radius 3 is 2.86 bits per heavy atom. The molecule has 4 nitrogen and oxygen atoms in total. The zero-order valence-electron chi connectivity index (χ0n) is 7.49. The van der Waals surface area contributed by atoms with Crippen molar-refractivity contribution in [1.82, 2.24) is 9.97 Å². The quantitative estimate of drug-likeness (QED) is 0.576. The molecule has 1 heterocycles. The van der Waals surface area contributed by atoms with Crippen molar-refractivity contribution in [2.45, 2.75) is 0 Å². The number of nitrogens with zero attached hydrogens (tertiary/aromatic N) is 2. The maximum atomic E-state index is 5.88. The van der Waals surface area contributed by atoms with Crippen molar-refractivity contribution in [3.8, 4) is 5.75 Å². The molecule has 1 aromatic heterocycles. The molecule has 14 heavy (non-hydrogen) atoms. The summed E-state index contributed by atoms with van der Waals surface area (Å²) in [5, 5.41) is 1.12. The van der Waals surface area contributed by atoms with E-state index in [0.29, 0.717) is 16.6 Å². The molecule has 0 aliphatic rings. The first kappa shape index (κ1) is 9.02. The smallest absolute Gasteiger partial charge is 0.143 e. The number of rotatable bonds is 1. The van der Waals surface area contributed by atoms with E-state index in [2.05, 4.69) is 9.97 Å². The lowest BCUT2D eigenvalue weighted by Crippen LogP contribution is -1.93. The Morgan fingerprint density at radius 2 is 2.14 bits per heavy atom. The van der Waals surface area contributed by atoms with Gasteiger partial charge in [0.25, 0.3) is 0 Å². The molecule has 0 aliphatic heterocycles. The summed E-state index contributed by atoms with van der Waals surface area (Å²) in [6.07, 6.45) is 1.40. The van der Waals surface area contributed by atoms with E-state index in [1.807, 2.05) is 0 Å². The summed E-state index contributed by atoms with van der Waals surface area (Å²) in [7, 11) is 1.56. The molecule has 1 aromatic carbocycles. The van der Waals surface area contributed by atoms with Crippen LogP contribution >= 0.6 is 11.6 Å². The third kappa shape index (κ3) is 1.33. The van der Waals surface area contributed by atoms with Crippen molar-refractivity contribution >= 4 is 28.2 Å². The van der Waals surface area contributed by atoms with Crippen LogP contribution in [0.25, 0.3) is 10.9 Å². The van der Waals surface area contributed by atoms with Crippen LogP contribution in [-0.4, -0.2) is 17.1 Å². The second kappa shape index (κ2) is 3.31. The zero-order chi connectivity index (χ0) is 10.1. The highest BCUT2D eigenvalue weighted by molar-refractivity contribution is 6.34. The standard InChI is InChI=1S/C9H8ClN3O/c1-14-8-3-7-5(2-6(8)11)9(10)13-4-12-7/h2-4H,11H2,1H3. The third-order valence-corrected chi connectivity index (χ3v) is 2.24. The molecule has 72 valence electrons. The van der Waals surface area contributed by atoms with Crippen LogP contribution in [0.2, 0.25) is 5.15 Å². The van der Waals surface area contributed by atoms with E-state index >= 15 is 0 Å². The highest BCUT2D eigenvalue weighted by Gasteiger charge is 2.06. The van der Waals surface area contributed by atoms with E-state index in [0.717, 1.165) is 10.9 Å². The largest absolute Gasteiger partial charge is 0.495 e. The first-order chi connectivity index (χ1) is 6.72. The van der Waals surface area contributed by atoms with E-state index < -0.39 is 0 Å². The van der Waals surface area contributed by atoms with E-state index in [4.69, 9.17) is 22.1 Å². The fourth-order valence-corrected chi connectivity index (χ4v) is 1.44. The molecule has 0 bridgehead atoms. The molecule has 2 N–H and O–H groups in total. The zero-order valence-corrected chi connectivity index (χ0v) is 8.25. The minimum Gasteiger partial charge on any atom is -0.495 e. The van der Waals surface area contributed by atoms with E-state index in [1.165, 1.54) is 6.33 Å². The van der Waals surface area contributed by atoms with Crippen molar-refractivity contribution in [3.63, 3.8) is 0 Å². The van der Waals surface area contributed by atoms with E-state index in [9.17, 15) is 0 Å². The maximum absolute atomic E-state index is 5.88. The summed E-state index contributed by atoms with van der Waals surface area (Å²) in [6.45, 7) is 0. The molecule has 0 fully saturated rings. The number of hydrogen-bond donors (Lipinski definition) is 1. The van der Waals surface area contributed by atoms with Crippen molar-refractivity contribution < 1.29 is 4.74 Å². The Balaban J connectivity index is 2.79. The van der Waals surface area contributed by atoms with Gasteiger partial charge in [0.2, 0.25) is 0 Å². The second-order valence-corrected chi connectivity index (χ2v) is 3.13. The number of anilines is 1. The van der Waals surface area contributed by atoms with Gasteiger partial charge in [-0.2, -0.15) is 0 Å². The lowest BCUT2D eigenvalue weighted by molar-refractivity contribution is 0.417.